The summed E-state index contributed by atoms with van der Waals surface area (Å²) in [6, 6.07) is 14.6. The molecule has 3 aromatic rings. The van der Waals surface area contributed by atoms with Crippen LogP contribution in [0.25, 0.3) is 5.69 Å². The van der Waals surface area contributed by atoms with Gasteiger partial charge in [-0.25, -0.2) is 0 Å². The SMILES string of the molecule is COc1ccccc1-n1cnnc1SCC(=O)N1c2ccccc2NC(=O)CC1C. The third kappa shape index (κ3) is 3.88. The van der Waals surface area contributed by atoms with Crippen LogP contribution < -0.4 is 15.0 Å². The molecule has 0 spiro atoms. The van der Waals surface area contributed by atoms with Gasteiger partial charge in [0.05, 0.1) is 29.9 Å². The van der Waals surface area contributed by atoms with Crippen LogP contribution >= 0.6 is 11.8 Å². The lowest BCUT2D eigenvalue weighted by molar-refractivity contribution is -0.117. The number of hydrogen-bond acceptors (Lipinski definition) is 6. The Bertz CT molecular complexity index is 1080. The third-order valence-corrected chi connectivity index (χ3v) is 5.74. The first-order valence-corrected chi connectivity index (χ1v) is 10.4. The number of carbonyl (C=O) groups excluding carboxylic acids is 2. The van der Waals surface area contributed by atoms with Crippen LogP contribution in [0.1, 0.15) is 13.3 Å². The van der Waals surface area contributed by atoms with Crippen LogP contribution in [-0.4, -0.2) is 45.5 Å². The molecule has 9 heteroatoms. The topological polar surface area (TPSA) is 89.3 Å². The van der Waals surface area contributed by atoms with E-state index in [1.54, 1.807) is 29.0 Å². The van der Waals surface area contributed by atoms with Crippen LogP contribution in [-0.2, 0) is 9.59 Å². The summed E-state index contributed by atoms with van der Waals surface area (Å²) >= 11 is 1.29. The van der Waals surface area contributed by atoms with E-state index in [0.717, 1.165) is 5.69 Å². The summed E-state index contributed by atoms with van der Waals surface area (Å²) < 4.78 is 7.22. The van der Waals surface area contributed by atoms with Crippen molar-refractivity contribution in [3.8, 4) is 11.4 Å². The van der Waals surface area contributed by atoms with Gasteiger partial charge in [-0.1, -0.05) is 36.0 Å². The number of nitrogens with zero attached hydrogens (tertiary/aromatic N) is 4. The zero-order valence-electron chi connectivity index (χ0n) is 16.6. The van der Waals surface area contributed by atoms with Crippen molar-refractivity contribution in [1.82, 2.24) is 14.8 Å². The van der Waals surface area contributed by atoms with Crippen molar-refractivity contribution < 1.29 is 14.3 Å². The van der Waals surface area contributed by atoms with Crippen molar-refractivity contribution in [2.75, 3.05) is 23.1 Å². The average molecular weight is 423 g/mol. The minimum absolute atomic E-state index is 0.103. The molecule has 2 heterocycles. The molecule has 1 aromatic heterocycles. The van der Waals surface area contributed by atoms with Gasteiger partial charge in [0.15, 0.2) is 5.16 Å². The third-order valence-electron chi connectivity index (χ3n) is 4.81. The summed E-state index contributed by atoms with van der Waals surface area (Å²) in [5.74, 6) is 0.630. The molecule has 2 amide bonds. The number of amides is 2. The lowest BCUT2D eigenvalue weighted by atomic mass is 10.2. The normalized spacial score (nSPS) is 15.9. The molecule has 154 valence electrons. The molecule has 0 bridgehead atoms. The first kappa shape index (κ1) is 20.0. The van der Waals surface area contributed by atoms with Crippen LogP contribution in [0, 0.1) is 0 Å². The number of thioether (sulfide) groups is 1. The maximum atomic E-state index is 13.2. The molecule has 0 aliphatic carbocycles. The van der Waals surface area contributed by atoms with Crippen molar-refractivity contribution in [2.24, 2.45) is 0 Å². The summed E-state index contributed by atoms with van der Waals surface area (Å²) in [4.78, 5) is 27.0. The molecule has 2 aromatic carbocycles. The van der Waals surface area contributed by atoms with E-state index in [4.69, 9.17) is 4.74 Å². The Hall–Kier alpha value is -3.33. The molecular weight excluding hydrogens is 402 g/mol. The Labute approximate surface area is 178 Å². The number of aromatic nitrogens is 3. The highest BCUT2D eigenvalue weighted by molar-refractivity contribution is 7.99. The van der Waals surface area contributed by atoms with E-state index in [1.165, 1.54) is 11.8 Å². The first-order valence-electron chi connectivity index (χ1n) is 9.45. The van der Waals surface area contributed by atoms with E-state index >= 15 is 0 Å². The molecule has 1 unspecified atom stereocenters. The Morgan fingerprint density at radius 3 is 2.73 bits per heavy atom. The van der Waals surface area contributed by atoms with E-state index < -0.39 is 0 Å². The molecule has 1 aliphatic rings. The van der Waals surface area contributed by atoms with Gasteiger partial charge in [-0.2, -0.15) is 0 Å². The van der Waals surface area contributed by atoms with Crippen LogP contribution in [0.4, 0.5) is 11.4 Å². The molecule has 4 rings (SSSR count). The second-order valence-electron chi connectivity index (χ2n) is 6.83. The fraction of sp³-hybridized carbons (Fsp3) is 0.238. The number of hydrogen-bond donors (Lipinski definition) is 1. The van der Waals surface area contributed by atoms with Crippen LogP contribution in [0.5, 0.6) is 5.75 Å². The Balaban J connectivity index is 1.56. The highest BCUT2D eigenvalue weighted by Gasteiger charge is 2.29. The van der Waals surface area contributed by atoms with E-state index in [2.05, 4.69) is 15.5 Å². The van der Waals surface area contributed by atoms with Crippen molar-refractivity contribution in [1.29, 1.82) is 0 Å². The summed E-state index contributed by atoms with van der Waals surface area (Å²) in [5, 5.41) is 11.6. The molecule has 1 atom stereocenters. The Morgan fingerprint density at radius 1 is 1.20 bits per heavy atom. The molecule has 0 radical (unpaired) electrons. The minimum Gasteiger partial charge on any atom is -0.495 e. The van der Waals surface area contributed by atoms with Gasteiger partial charge in [-0.3, -0.25) is 14.2 Å². The molecule has 0 saturated carbocycles. The number of ether oxygens (including phenoxy) is 1. The van der Waals surface area contributed by atoms with Crippen LogP contribution in [0.3, 0.4) is 0 Å². The highest BCUT2D eigenvalue weighted by atomic mass is 32.2. The van der Waals surface area contributed by atoms with Gasteiger partial charge in [0.25, 0.3) is 0 Å². The molecule has 0 saturated heterocycles. The molecule has 0 fully saturated rings. The Morgan fingerprint density at radius 2 is 1.93 bits per heavy atom. The standard InChI is InChI=1S/C21H21N5O3S/c1-14-11-19(27)23-15-7-3-4-8-16(15)26(14)20(28)12-30-21-24-22-13-25(21)17-9-5-6-10-18(17)29-2/h3-10,13-14H,11-12H2,1-2H3,(H,23,27). The molecule has 1 aliphatic heterocycles. The van der Waals surface area contributed by atoms with Gasteiger partial charge in [-0.15, -0.1) is 10.2 Å². The highest BCUT2D eigenvalue weighted by Crippen LogP contribution is 2.32. The van der Waals surface area contributed by atoms with Gasteiger partial charge in [0.2, 0.25) is 11.8 Å². The molecule has 1 N–H and O–H groups in total. The minimum atomic E-state index is -0.256. The molecule has 8 nitrogen and oxygen atoms in total. The number of carbonyl (C=O) groups is 2. The van der Waals surface area contributed by atoms with Crippen LogP contribution in [0.2, 0.25) is 0 Å². The van der Waals surface area contributed by atoms with E-state index in [0.29, 0.717) is 22.3 Å². The number of benzene rings is 2. The number of rotatable bonds is 5. The maximum Gasteiger partial charge on any atom is 0.237 e. The van der Waals surface area contributed by atoms with Gasteiger partial charge >= 0.3 is 0 Å². The van der Waals surface area contributed by atoms with E-state index in [1.807, 2.05) is 49.4 Å². The smallest absolute Gasteiger partial charge is 0.237 e. The summed E-state index contributed by atoms with van der Waals surface area (Å²) in [6.45, 7) is 1.88. The van der Waals surface area contributed by atoms with Crippen molar-refractivity contribution in [3.63, 3.8) is 0 Å². The number of methoxy groups -OCH3 is 1. The lowest BCUT2D eigenvalue weighted by Gasteiger charge is -2.27. The predicted octanol–water partition coefficient (Wildman–Crippen LogP) is 3.13. The summed E-state index contributed by atoms with van der Waals surface area (Å²) in [5.41, 5.74) is 2.14. The molecular formula is C21H21N5O3S. The van der Waals surface area contributed by atoms with Gasteiger partial charge in [0, 0.05) is 12.5 Å². The fourth-order valence-electron chi connectivity index (χ4n) is 3.48. The maximum absolute atomic E-state index is 13.2. The zero-order chi connectivity index (χ0) is 21.1. The number of anilines is 2. The second kappa shape index (κ2) is 8.58. The summed E-state index contributed by atoms with van der Waals surface area (Å²) in [6.07, 6.45) is 1.83. The van der Waals surface area contributed by atoms with Gasteiger partial charge < -0.3 is 15.0 Å². The monoisotopic (exact) mass is 423 g/mol. The number of nitrogens with one attached hydrogen (secondary N) is 1. The predicted molar refractivity (Wildman–Crippen MR) is 115 cm³/mol. The van der Waals surface area contributed by atoms with Gasteiger partial charge in [0.1, 0.15) is 12.1 Å². The largest absolute Gasteiger partial charge is 0.495 e. The van der Waals surface area contributed by atoms with Crippen LogP contribution in [0.15, 0.2) is 60.0 Å². The second-order valence-corrected chi connectivity index (χ2v) is 7.77. The number of para-hydroxylation sites is 4. The van der Waals surface area contributed by atoms with E-state index in [-0.39, 0.29) is 30.0 Å². The number of fused-ring (bicyclic) bond motifs is 1. The van der Waals surface area contributed by atoms with Crippen molar-refractivity contribution in [2.45, 2.75) is 24.5 Å². The first-order chi connectivity index (χ1) is 14.6. The quantitative estimate of drug-likeness (QED) is 0.634. The lowest BCUT2D eigenvalue weighted by Crippen LogP contribution is -2.40. The molecule has 30 heavy (non-hydrogen) atoms. The average Bonchev–Trinajstić information content (AvgIpc) is 3.16. The zero-order valence-corrected chi connectivity index (χ0v) is 17.4. The Kier molecular flexibility index (Phi) is 5.71. The van der Waals surface area contributed by atoms with Crippen molar-refractivity contribution in [3.05, 3.63) is 54.9 Å². The summed E-state index contributed by atoms with van der Waals surface area (Å²) in [7, 11) is 1.60. The van der Waals surface area contributed by atoms with E-state index in [9.17, 15) is 9.59 Å². The van der Waals surface area contributed by atoms with Gasteiger partial charge in [-0.05, 0) is 31.2 Å². The fourth-order valence-corrected chi connectivity index (χ4v) is 4.26. The van der Waals surface area contributed by atoms with Crippen molar-refractivity contribution >= 4 is 35.0 Å².